The fourth-order valence-electron chi connectivity index (χ4n) is 1.36. The zero-order chi connectivity index (χ0) is 6.69. The molecule has 0 N–H and O–H groups in total. The first-order chi connectivity index (χ1) is 4.30. The predicted octanol–water partition coefficient (Wildman–Crippen LogP) is 2.42. The Bertz CT molecular complexity index is 77.3. The van der Waals surface area contributed by atoms with Crippen LogP contribution < -0.4 is 0 Å². The minimum Gasteiger partial charge on any atom is -0.662 e. The van der Waals surface area contributed by atoms with Gasteiger partial charge >= 0.3 is 0 Å². The van der Waals surface area contributed by atoms with Gasteiger partial charge < -0.3 is 5.32 Å². The summed E-state index contributed by atoms with van der Waals surface area (Å²) in [6.07, 6.45) is 2.73. The third kappa shape index (κ3) is 3.14. The minimum atomic E-state index is 0. The van der Waals surface area contributed by atoms with Crippen LogP contribution in [0, 0.1) is 11.8 Å². The van der Waals surface area contributed by atoms with E-state index >= 15 is 0 Å². The van der Waals surface area contributed by atoms with E-state index in [0.717, 1.165) is 24.9 Å². The van der Waals surface area contributed by atoms with Crippen molar-refractivity contribution in [1.82, 2.24) is 0 Å². The molecule has 0 amide bonds. The second kappa shape index (κ2) is 5.30. The normalized spacial score (nSPS) is 26.1. The van der Waals surface area contributed by atoms with Crippen LogP contribution in [0.3, 0.4) is 0 Å². The molecule has 0 aromatic rings. The number of hydrogen-bond donors (Lipinski definition) is 0. The van der Waals surface area contributed by atoms with Gasteiger partial charge in [-0.25, -0.2) is 0 Å². The molecule has 1 rings (SSSR count). The van der Waals surface area contributed by atoms with Gasteiger partial charge in [-0.2, -0.15) is 0 Å². The number of rotatable bonds is 1. The van der Waals surface area contributed by atoms with E-state index in [9.17, 15) is 0 Å². The maximum atomic E-state index is 4.38. The van der Waals surface area contributed by atoms with Crippen molar-refractivity contribution in [2.75, 3.05) is 13.1 Å². The third-order valence-corrected chi connectivity index (χ3v) is 2.20. The first kappa shape index (κ1) is 10.6. The Kier molecular flexibility index (Phi) is 5.63. The van der Waals surface area contributed by atoms with Crippen LogP contribution in [0.5, 0.6) is 0 Å². The molecule has 0 aliphatic carbocycles. The van der Waals surface area contributed by atoms with E-state index in [1.807, 2.05) is 0 Å². The molecule has 0 aromatic heterocycles. The molecule has 10 heavy (non-hydrogen) atoms. The molecule has 1 fully saturated rings. The van der Waals surface area contributed by atoms with Crippen LogP contribution in [0.15, 0.2) is 0 Å². The largest absolute Gasteiger partial charge is 0.662 e. The second-order valence-corrected chi connectivity index (χ2v) is 3.28. The molecule has 61 valence electrons. The molecule has 1 heterocycles. The van der Waals surface area contributed by atoms with Gasteiger partial charge in [0.15, 0.2) is 0 Å². The van der Waals surface area contributed by atoms with Crippen LogP contribution in [0.2, 0.25) is 0 Å². The molecule has 0 spiro atoms. The summed E-state index contributed by atoms with van der Waals surface area (Å²) in [5.74, 6) is 1.73. The van der Waals surface area contributed by atoms with E-state index in [1.165, 1.54) is 12.8 Å². The van der Waals surface area contributed by atoms with Gasteiger partial charge in [0.2, 0.25) is 0 Å². The van der Waals surface area contributed by atoms with Crippen molar-refractivity contribution in [2.45, 2.75) is 26.7 Å². The Hall–Kier alpha value is 0.622. The summed E-state index contributed by atoms with van der Waals surface area (Å²) in [5.41, 5.74) is 0. The number of hydrogen-bond acceptors (Lipinski definition) is 0. The average molecular weight is 312 g/mol. The van der Waals surface area contributed by atoms with E-state index in [0.29, 0.717) is 0 Å². The molecule has 1 saturated heterocycles. The van der Waals surface area contributed by atoms with Crippen LogP contribution in [0.25, 0.3) is 5.32 Å². The van der Waals surface area contributed by atoms with E-state index in [4.69, 9.17) is 0 Å². The minimum absolute atomic E-state index is 0. The summed E-state index contributed by atoms with van der Waals surface area (Å²) in [4.78, 5) is 0. The fourth-order valence-corrected chi connectivity index (χ4v) is 1.36. The Morgan fingerprint density at radius 1 is 1.40 bits per heavy atom. The van der Waals surface area contributed by atoms with Gasteiger partial charge in [-0.3, -0.25) is 0 Å². The number of nitrogens with zero attached hydrogens (tertiary/aromatic N) is 1. The molecule has 0 saturated carbocycles. The van der Waals surface area contributed by atoms with Crippen molar-refractivity contribution in [1.29, 1.82) is 0 Å². The van der Waals surface area contributed by atoms with Gasteiger partial charge in [0.25, 0.3) is 0 Å². The van der Waals surface area contributed by atoms with Gasteiger partial charge in [-0.1, -0.05) is 32.6 Å². The van der Waals surface area contributed by atoms with Crippen molar-refractivity contribution < 1.29 is 20.4 Å². The monoisotopic (exact) mass is 313 g/mol. The molecule has 1 aliphatic heterocycles. The molecular formula is C8H16NRe-. The van der Waals surface area contributed by atoms with E-state index in [-0.39, 0.29) is 20.4 Å². The Labute approximate surface area is 77.6 Å². The molecule has 1 unspecified atom stereocenters. The molecule has 1 atom stereocenters. The zero-order valence-corrected chi connectivity index (χ0v) is 9.52. The summed E-state index contributed by atoms with van der Waals surface area (Å²) in [6, 6.07) is 0. The van der Waals surface area contributed by atoms with Crippen LogP contribution in [0.4, 0.5) is 0 Å². The topological polar surface area (TPSA) is 14.1 Å². The summed E-state index contributed by atoms with van der Waals surface area (Å²) in [6.45, 7) is 6.83. The predicted molar refractivity (Wildman–Crippen MR) is 40.7 cm³/mol. The molecule has 2 heteroatoms. The molecule has 1 aliphatic rings. The van der Waals surface area contributed by atoms with Gasteiger partial charge in [0.05, 0.1) is 0 Å². The molecule has 1 radical (unpaired) electrons. The van der Waals surface area contributed by atoms with Gasteiger partial charge in [0, 0.05) is 20.4 Å². The summed E-state index contributed by atoms with van der Waals surface area (Å²) >= 11 is 0. The van der Waals surface area contributed by atoms with Gasteiger partial charge in [-0.05, 0) is 5.92 Å². The molecule has 0 aromatic carbocycles. The SMILES string of the molecule is CC(C)C1CCC[N-]C1.[Re]. The van der Waals surface area contributed by atoms with Gasteiger partial charge in [0.1, 0.15) is 0 Å². The van der Waals surface area contributed by atoms with Crippen LogP contribution in [-0.4, -0.2) is 13.1 Å². The number of piperidine rings is 1. The summed E-state index contributed by atoms with van der Waals surface area (Å²) < 4.78 is 0. The van der Waals surface area contributed by atoms with Crippen molar-refractivity contribution in [2.24, 2.45) is 11.8 Å². The van der Waals surface area contributed by atoms with Crippen molar-refractivity contribution >= 4 is 0 Å². The van der Waals surface area contributed by atoms with Crippen molar-refractivity contribution in [3.05, 3.63) is 5.32 Å². The standard InChI is InChI=1S/C8H16N.Re/c1-7(2)8-4-3-5-9-6-8;/h7-8H,3-6H2,1-2H3;/q-1;. The van der Waals surface area contributed by atoms with Crippen molar-refractivity contribution in [3.8, 4) is 0 Å². The van der Waals surface area contributed by atoms with Crippen LogP contribution in [0.1, 0.15) is 26.7 Å². The van der Waals surface area contributed by atoms with E-state index < -0.39 is 0 Å². The quantitative estimate of drug-likeness (QED) is 0.706. The molecule has 1 nitrogen and oxygen atoms in total. The van der Waals surface area contributed by atoms with E-state index in [1.54, 1.807) is 0 Å². The van der Waals surface area contributed by atoms with Crippen LogP contribution in [-0.2, 0) is 20.4 Å². The maximum absolute atomic E-state index is 4.38. The van der Waals surface area contributed by atoms with E-state index in [2.05, 4.69) is 19.2 Å². The smallest absolute Gasteiger partial charge is 0 e. The first-order valence-electron chi connectivity index (χ1n) is 3.94. The summed E-state index contributed by atoms with van der Waals surface area (Å²) in [7, 11) is 0. The first-order valence-corrected chi connectivity index (χ1v) is 3.94. The summed E-state index contributed by atoms with van der Waals surface area (Å²) in [5, 5.41) is 4.38. The fraction of sp³-hybridized carbons (Fsp3) is 1.00. The second-order valence-electron chi connectivity index (χ2n) is 3.28. The van der Waals surface area contributed by atoms with Crippen molar-refractivity contribution in [3.63, 3.8) is 0 Å². The molecule has 0 bridgehead atoms. The van der Waals surface area contributed by atoms with Crippen LogP contribution >= 0.6 is 0 Å². The zero-order valence-electron chi connectivity index (χ0n) is 6.81. The Morgan fingerprint density at radius 2 is 2.10 bits per heavy atom. The van der Waals surface area contributed by atoms with Gasteiger partial charge in [-0.15, -0.1) is 13.1 Å². The Balaban J connectivity index is 0.000000810. The third-order valence-electron chi connectivity index (χ3n) is 2.20. The molecular weight excluding hydrogens is 296 g/mol. The maximum Gasteiger partial charge on any atom is 0 e. The Morgan fingerprint density at radius 3 is 2.40 bits per heavy atom. The average Bonchev–Trinajstić information content (AvgIpc) is 1.90.